The predicted molar refractivity (Wildman–Crippen MR) is 73.3 cm³/mol. The van der Waals surface area contributed by atoms with E-state index in [2.05, 4.69) is 25.6 Å². The summed E-state index contributed by atoms with van der Waals surface area (Å²) < 4.78 is 0. The Morgan fingerprint density at radius 1 is 1.33 bits per heavy atom. The lowest BCUT2D eigenvalue weighted by molar-refractivity contribution is -0.139. The van der Waals surface area contributed by atoms with Crippen LogP contribution in [0.2, 0.25) is 0 Å². The first kappa shape index (κ1) is 14.5. The highest BCUT2D eigenvalue weighted by molar-refractivity contribution is 5.82. The molecule has 8 nitrogen and oxygen atoms in total. The lowest BCUT2D eigenvalue weighted by Gasteiger charge is -2.14. The summed E-state index contributed by atoms with van der Waals surface area (Å²) in [6.07, 6.45) is 6.37. The molecule has 0 bridgehead atoms. The maximum atomic E-state index is 11.7. The van der Waals surface area contributed by atoms with Crippen LogP contribution >= 0.6 is 0 Å². The van der Waals surface area contributed by atoms with Gasteiger partial charge in [-0.15, -0.1) is 0 Å². The second kappa shape index (κ2) is 7.04. The fourth-order valence-electron chi connectivity index (χ4n) is 1.71. The van der Waals surface area contributed by atoms with E-state index in [1.54, 1.807) is 18.5 Å². The summed E-state index contributed by atoms with van der Waals surface area (Å²) in [4.78, 5) is 33.4. The van der Waals surface area contributed by atoms with Gasteiger partial charge >= 0.3 is 12.0 Å². The van der Waals surface area contributed by atoms with E-state index in [9.17, 15) is 9.59 Å². The molecule has 2 amide bonds. The second-order valence-corrected chi connectivity index (χ2v) is 4.36. The van der Waals surface area contributed by atoms with E-state index in [0.29, 0.717) is 5.69 Å². The van der Waals surface area contributed by atoms with Crippen LogP contribution in [-0.2, 0) is 17.8 Å². The number of pyridine rings is 1. The van der Waals surface area contributed by atoms with Gasteiger partial charge < -0.3 is 20.7 Å². The molecule has 0 radical (unpaired) electrons. The number of aliphatic carboxylic acids is 1. The molecular formula is C13H15N5O3. The van der Waals surface area contributed by atoms with Crippen LogP contribution in [-0.4, -0.2) is 38.1 Å². The third-order valence-electron chi connectivity index (χ3n) is 2.76. The monoisotopic (exact) mass is 289 g/mol. The molecule has 2 heterocycles. The number of nitrogens with one attached hydrogen (secondary N) is 3. The molecule has 0 aliphatic rings. The average molecular weight is 289 g/mol. The van der Waals surface area contributed by atoms with Crippen molar-refractivity contribution in [1.29, 1.82) is 0 Å². The topological polar surface area (TPSA) is 120 Å². The van der Waals surface area contributed by atoms with E-state index < -0.39 is 18.0 Å². The highest BCUT2D eigenvalue weighted by Gasteiger charge is 2.20. The van der Waals surface area contributed by atoms with Crippen molar-refractivity contribution in [2.24, 2.45) is 0 Å². The molecule has 0 saturated carbocycles. The number of hydrogen-bond donors (Lipinski definition) is 4. The van der Waals surface area contributed by atoms with Crippen LogP contribution in [0, 0.1) is 0 Å². The Labute approximate surface area is 120 Å². The molecule has 2 aromatic rings. The first-order chi connectivity index (χ1) is 10.1. The van der Waals surface area contributed by atoms with Gasteiger partial charge in [-0.25, -0.2) is 14.6 Å². The lowest BCUT2D eigenvalue weighted by Crippen LogP contribution is -2.46. The number of aromatic amines is 1. The number of aromatic nitrogens is 3. The van der Waals surface area contributed by atoms with Crippen molar-refractivity contribution < 1.29 is 14.7 Å². The Morgan fingerprint density at radius 2 is 2.19 bits per heavy atom. The van der Waals surface area contributed by atoms with Crippen molar-refractivity contribution in [2.75, 3.05) is 0 Å². The number of carboxylic acid groups (broad SMARTS) is 1. The molecule has 8 heteroatoms. The number of amides is 2. The number of H-pyrrole nitrogens is 1. The molecule has 0 aliphatic carbocycles. The standard InChI is InChI=1S/C13H15N5O3/c19-12(20)11(4-10-7-15-8-17-10)18-13(21)16-6-9-2-1-3-14-5-9/h1-3,5,7-8,11H,4,6H2,(H,15,17)(H,19,20)(H2,16,18,21)/t11-/m1/s1. The van der Waals surface area contributed by atoms with Crippen molar-refractivity contribution in [3.63, 3.8) is 0 Å². The molecule has 21 heavy (non-hydrogen) atoms. The minimum atomic E-state index is -1.11. The van der Waals surface area contributed by atoms with Crippen molar-refractivity contribution in [3.05, 3.63) is 48.3 Å². The van der Waals surface area contributed by atoms with Crippen molar-refractivity contribution in [3.8, 4) is 0 Å². The number of hydrogen-bond acceptors (Lipinski definition) is 4. The van der Waals surface area contributed by atoms with Crippen LogP contribution in [0.1, 0.15) is 11.3 Å². The van der Waals surface area contributed by atoms with Gasteiger partial charge in [0.15, 0.2) is 0 Å². The van der Waals surface area contributed by atoms with Gasteiger partial charge in [0, 0.05) is 37.3 Å². The molecule has 1 atom stereocenters. The van der Waals surface area contributed by atoms with Crippen LogP contribution < -0.4 is 10.6 Å². The molecule has 110 valence electrons. The molecule has 0 aromatic carbocycles. The van der Waals surface area contributed by atoms with Crippen LogP contribution in [0.5, 0.6) is 0 Å². The summed E-state index contributed by atoms with van der Waals surface area (Å²) in [7, 11) is 0. The van der Waals surface area contributed by atoms with Gasteiger partial charge in [-0.05, 0) is 11.6 Å². The zero-order valence-corrected chi connectivity index (χ0v) is 11.1. The van der Waals surface area contributed by atoms with E-state index in [1.165, 1.54) is 12.5 Å². The minimum Gasteiger partial charge on any atom is -0.480 e. The molecule has 0 saturated heterocycles. The van der Waals surface area contributed by atoms with E-state index >= 15 is 0 Å². The Morgan fingerprint density at radius 3 is 2.81 bits per heavy atom. The summed E-state index contributed by atoms with van der Waals surface area (Å²) >= 11 is 0. The zero-order valence-electron chi connectivity index (χ0n) is 11.1. The van der Waals surface area contributed by atoms with Crippen LogP contribution in [0.25, 0.3) is 0 Å². The third kappa shape index (κ3) is 4.60. The number of carboxylic acids is 1. The van der Waals surface area contributed by atoms with Crippen LogP contribution in [0.3, 0.4) is 0 Å². The molecule has 4 N–H and O–H groups in total. The lowest BCUT2D eigenvalue weighted by atomic mass is 10.2. The van der Waals surface area contributed by atoms with Crippen molar-refractivity contribution in [1.82, 2.24) is 25.6 Å². The Kier molecular flexibility index (Phi) is 4.86. The summed E-state index contributed by atoms with van der Waals surface area (Å²) in [5.41, 5.74) is 1.46. The minimum absolute atomic E-state index is 0.135. The first-order valence-corrected chi connectivity index (χ1v) is 6.28. The van der Waals surface area contributed by atoms with E-state index in [1.807, 2.05) is 6.07 Å². The van der Waals surface area contributed by atoms with Gasteiger partial charge in [-0.3, -0.25) is 4.98 Å². The van der Waals surface area contributed by atoms with E-state index in [-0.39, 0.29) is 13.0 Å². The molecule has 0 aliphatic heterocycles. The van der Waals surface area contributed by atoms with Crippen molar-refractivity contribution >= 4 is 12.0 Å². The Hall–Kier alpha value is -2.90. The Balaban J connectivity index is 1.85. The highest BCUT2D eigenvalue weighted by atomic mass is 16.4. The maximum absolute atomic E-state index is 11.7. The molecule has 2 rings (SSSR count). The van der Waals surface area contributed by atoms with Gasteiger partial charge in [-0.1, -0.05) is 6.07 Å². The number of carbonyl (C=O) groups is 2. The van der Waals surface area contributed by atoms with Gasteiger partial charge in [0.25, 0.3) is 0 Å². The van der Waals surface area contributed by atoms with Crippen LogP contribution in [0.4, 0.5) is 4.79 Å². The normalized spacial score (nSPS) is 11.6. The highest BCUT2D eigenvalue weighted by Crippen LogP contribution is 1.99. The summed E-state index contributed by atoms with van der Waals surface area (Å²) in [5, 5.41) is 14.1. The Bertz CT molecular complexity index is 585. The van der Waals surface area contributed by atoms with Gasteiger partial charge in [0.2, 0.25) is 0 Å². The summed E-state index contributed by atoms with van der Waals surface area (Å²) in [5.74, 6) is -1.11. The molecular weight excluding hydrogens is 274 g/mol. The number of nitrogens with zero attached hydrogens (tertiary/aromatic N) is 2. The molecule has 0 unspecified atom stereocenters. The van der Waals surface area contributed by atoms with Gasteiger partial charge in [0.05, 0.1) is 6.33 Å². The third-order valence-corrected chi connectivity index (χ3v) is 2.76. The number of imidazole rings is 1. The van der Waals surface area contributed by atoms with Crippen LogP contribution in [0.15, 0.2) is 37.1 Å². The smallest absolute Gasteiger partial charge is 0.326 e. The largest absolute Gasteiger partial charge is 0.480 e. The quantitative estimate of drug-likeness (QED) is 0.609. The summed E-state index contributed by atoms with van der Waals surface area (Å²) in [6, 6.07) is 1.99. The van der Waals surface area contributed by atoms with E-state index in [0.717, 1.165) is 5.56 Å². The molecule has 2 aromatic heterocycles. The summed E-state index contributed by atoms with van der Waals surface area (Å²) in [6.45, 7) is 0.274. The number of rotatable bonds is 6. The van der Waals surface area contributed by atoms with E-state index in [4.69, 9.17) is 5.11 Å². The number of carbonyl (C=O) groups excluding carboxylic acids is 1. The predicted octanol–water partition coefficient (Wildman–Crippen LogP) is 0.300. The number of urea groups is 1. The second-order valence-electron chi connectivity index (χ2n) is 4.36. The van der Waals surface area contributed by atoms with Crippen molar-refractivity contribution in [2.45, 2.75) is 19.0 Å². The van der Waals surface area contributed by atoms with Gasteiger partial charge in [-0.2, -0.15) is 0 Å². The maximum Gasteiger partial charge on any atom is 0.326 e. The average Bonchev–Trinajstić information content (AvgIpc) is 2.98. The zero-order chi connectivity index (χ0) is 15.1. The molecule has 0 fully saturated rings. The SMILES string of the molecule is O=C(NCc1cccnc1)N[C@H](Cc1cnc[nH]1)C(=O)O. The fourth-order valence-corrected chi connectivity index (χ4v) is 1.71. The van der Waals surface area contributed by atoms with Gasteiger partial charge in [0.1, 0.15) is 6.04 Å². The molecule has 0 spiro atoms. The first-order valence-electron chi connectivity index (χ1n) is 6.28. The fraction of sp³-hybridized carbons (Fsp3) is 0.231.